The van der Waals surface area contributed by atoms with Gasteiger partial charge in [-0.25, -0.2) is 0 Å². The van der Waals surface area contributed by atoms with Crippen LogP contribution in [0, 0.1) is 0 Å². The molecule has 0 amide bonds. The van der Waals surface area contributed by atoms with Crippen molar-refractivity contribution in [2.24, 2.45) is 0 Å². The molecular weight excluding hydrogens is 252 g/mol. The van der Waals surface area contributed by atoms with Gasteiger partial charge in [-0.2, -0.15) is 0 Å². The third kappa shape index (κ3) is 3.93. The summed E-state index contributed by atoms with van der Waals surface area (Å²) in [5.74, 6) is 0.196. The van der Waals surface area contributed by atoms with Crippen LogP contribution in [-0.2, 0) is 0 Å². The largest absolute Gasteiger partial charge is 0.0991 e. The third-order valence-electron chi connectivity index (χ3n) is 3.33. The molecule has 0 bridgehead atoms. The fourth-order valence-corrected chi connectivity index (χ4v) is 2.43. The van der Waals surface area contributed by atoms with Gasteiger partial charge >= 0.3 is 0 Å². The standard InChI is InChI=1S/C21H20/c1-3-5-13-18(12-4-2)21(19-14-8-6-9-15-19)20-16-10-7-11-17-20/h3-17,21H,1-2H2/b13-5-,18-12+. The molecule has 0 saturated heterocycles. The minimum Gasteiger partial charge on any atom is -0.0991 e. The summed E-state index contributed by atoms with van der Waals surface area (Å²) in [7, 11) is 0. The van der Waals surface area contributed by atoms with Crippen molar-refractivity contribution in [1.82, 2.24) is 0 Å². The first-order valence-corrected chi connectivity index (χ1v) is 7.08. The summed E-state index contributed by atoms with van der Waals surface area (Å²) in [5.41, 5.74) is 3.73. The van der Waals surface area contributed by atoms with Crippen LogP contribution in [-0.4, -0.2) is 0 Å². The molecule has 21 heavy (non-hydrogen) atoms. The summed E-state index contributed by atoms with van der Waals surface area (Å²) >= 11 is 0. The van der Waals surface area contributed by atoms with Crippen molar-refractivity contribution in [3.63, 3.8) is 0 Å². The first-order valence-electron chi connectivity index (χ1n) is 7.08. The van der Waals surface area contributed by atoms with Crippen LogP contribution >= 0.6 is 0 Å². The Labute approximate surface area is 127 Å². The highest BCUT2D eigenvalue weighted by molar-refractivity contribution is 5.46. The van der Waals surface area contributed by atoms with E-state index in [4.69, 9.17) is 0 Å². The molecule has 0 aliphatic heterocycles. The van der Waals surface area contributed by atoms with E-state index in [1.165, 1.54) is 16.7 Å². The summed E-state index contributed by atoms with van der Waals surface area (Å²) in [6.07, 6.45) is 9.75. The van der Waals surface area contributed by atoms with Crippen LogP contribution in [0.1, 0.15) is 17.0 Å². The third-order valence-corrected chi connectivity index (χ3v) is 3.33. The summed E-state index contributed by atoms with van der Waals surface area (Å²) in [5, 5.41) is 0. The van der Waals surface area contributed by atoms with Gasteiger partial charge in [-0.3, -0.25) is 0 Å². The van der Waals surface area contributed by atoms with Crippen molar-refractivity contribution >= 4 is 0 Å². The van der Waals surface area contributed by atoms with Gasteiger partial charge in [0.2, 0.25) is 0 Å². The molecule has 0 aliphatic rings. The zero-order valence-electron chi connectivity index (χ0n) is 12.2. The lowest BCUT2D eigenvalue weighted by Gasteiger charge is -2.19. The molecule has 0 aromatic heterocycles. The van der Waals surface area contributed by atoms with Crippen LogP contribution < -0.4 is 0 Å². The van der Waals surface area contributed by atoms with Crippen LogP contribution in [0.25, 0.3) is 0 Å². The molecule has 0 nitrogen and oxygen atoms in total. The molecule has 0 atom stereocenters. The van der Waals surface area contributed by atoms with E-state index in [1.54, 1.807) is 6.08 Å². The average molecular weight is 272 g/mol. The fraction of sp³-hybridized carbons (Fsp3) is 0.0476. The van der Waals surface area contributed by atoms with Crippen molar-refractivity contribution in [2.45, 2.75) is 5.92 Å². The predicted octanol–water partition coefficient (Wildman–Crippen LogP) is 5.67. The van der Waals surface area contributed by atoms with Crippen molar-refractivity contribution in [3.05, 3.63) is 121 Å². The fourth-order valence-electron chi connectivity index (χ4n) is 2.43. The Morgan fingerprint density at radius 1 is 0.762 bits per heavy atom. The van der Waals surface area contributed by atoms with E-state index in [1.807, 2.05) is 24.3 Å². The van der Waals surface area contributed by atoms with Gasteiger partial charge in [-0.15, -0.1) is 0 Å². The maximum absolute atomic E-state index is 3.84. The summed E-state index contributed by atoms with van der Waals surface area (Å²) < 4.78 is 0. The van der Waals surface area contributed by atoms with E-state index in [-0.39, 0.29) is 5.92 Å². The minimum absolute atomic E-state index is 0.196. The van der Waals surface area contributed by atoms with Gasteiger partial charge in [-0.05, 0) is 16.7 Å². The van der Waals surface area contributed by atoms with Crippen molar-refractivity contribution in [3.8, 4) is 0 Å². The number of rotatable bonds is 6. The Bertz CT molecular complexity index is 591. The maximum Gasteiger partial charge on any atom is 0.0339 e. The molecule has 0 radical (unpaired) electrons. The number of hydrogen-bond donors (Lipinski definition) is 0. The lowest BCUT2D eigenvalue weighted by molar-refractivity contribution is 0.977. The van der Waals surface area contributed by atoms with Gasteiger partial charge in [0, 0.05) is 5.92 Å². The zero-order chi connectivity index (χ0) is 14.9. The van der Waals surface area contributed by atoms with Gasteiger partial charge in [0.05, 0.1) is 0 Å². The Morgan fingerprint density at radius 3 is 1.71 bits per heavy atom. The second kappa shape index (κ2) is 7.86. The normalized spacial score (nSPS) is 11.8. The monoisotopic (exact) mass is 272 g/mol. The topological polar surface area (TPSA) is 0 Å². The minimum atomic E-state index is 0.196. The molecular formula is C21H20. The van der Waals surface area contributed by atoms with E-state index < -0.39 is 0 Å². The van der Waals surface area contributed by atoms with Crippen LogP contribution in [0.3, 0.4) is 0 Å². The Hall–Kier alpha value is -2.60. The highest BCUT2D eigenvalue weighted by atomic mass is 14.2. The molecule has 0 heterocycles. The molecule has 104 valence electrons. The molecule has 2 aromatic carbocycles. The van der Waals surface area contributed by atoms with Crippen molar-refractivity contribution in [1.29, 1.82) is 0 Å². The molecule has 2 aromatic rings. The number of allylic oxidation sites excluding steroid dienone is 6. The Morgan fingerprint density at radius 2 is 1.29 bits per heavy atom. The summed E-state index contributed by atoms with van der Waals surface area (Å²) in [6.45, 7) is 7.60. The SMILES string of the molecule is C=C/C=C\C(=C/C=C)C(c1ccccc1)c1ccccc1. The Kier molecular flexibility index (Phi) is 5.54. The van der Waals surface area contributed by atoms with Gasteiger partial charge in [0.1, 0.15) is 0 Å². The first kappa shape index (κ1) is 14.8. The molecule has 0 saturated carbocycles. The first-order chi connectivity index (χ1) is 10.4. The van der Waals surface area contributed by atoms with Gasteiger partial charge in [0.25, 0.3) is 0 Å². The number of hydrogen-bond acceptors (Lipinski definition) is 0. The molecule has 0 heteroatoms. The van der Waals surface area contributed by atoms with Crippen LogP contribution in [0.15, 0.2) is 110 Å². The smallest absolute Gasteiger partial charge is 0.0339 e. The van der Waals surface area contributed by atoms with E-state index in [0.717, 1.165) is 0 Å². The molecule has 0 spiro atoms. The highest BCUT2D eigenvalue weighted by Gasteiger charge is 2.16. The molecule has 0 fully saturated rings. The molecule has 0 aliphatic carbocycles. The Balaban J connectivity index is 2.55. The number of benzene rings is 2. The summed E-state index contributed by atoms with van der Waals surface area (Å²) in [4.78, 5) is 0. The van der Waals surface area contributed by atoms with E-state index in [0.29, 0.717) is 0 Å². The van der Waals surface area contributed by atoms with Gasteiger partial charge < -0.3 is 0 Å². The van der Waals surface area contributed by atoms with Crippen LogP contribution in [0.4, 0.5) is 0 Å². The second-order valence-corrected chi connectivity index (χ2v) is 4.75. The van der Waals surface area contributed by atoms with Crippen molar-refractivity contribution in [2.75, 3.05) is 0 Å². The van der Waals surface area contributed by atoms with E-state index >= 15 is 0 Å². The lowest BCUT2D eigenvalue weighted by Crippen LogP contribution is -2.03. The van der Waals surface area contributed by atoms with Gasteiger partial charge in [-0.1, -0.05) is 104 Å². The zero-order valence-corrected chi connectivity index (χ0v) is 12.2. The molecule has 2 rings (SSSR count). The molecule has 0 N–H and O–H groups in total. The van der Waals surface area contributed by atoms with Gasteiger partial charge in [0.15, 0.2) is 0 Å². The van der Waals surface area contributed by atoms with Crippen molar-refractivity contribution < 1.29 is 0 Å². The van der Waals surface area contributed by atoms with E-state index in [9.17, 15) is 0 Å². The lowest BCUT2D eigenvalue weighted by atomic mass is 9.84. The maximum atomic E-state index is 3.84. The van der Waals surface area contributed by atoms with E-state index in [2.05, 4.69) is 73.8 Å². The van der Waals surface area contributed by atoms with Crippen LogP contribution in [0.2, 0.25) is 0 Å². The predicted molar refractivity (Wildman–Crippen MR) is 92.3 cm³/mol. The molecule has 0 unspecified atom stereocenters. The van der Waals surface area contributed by atoms with Crippen LogP contribution in [0.5, 0.6) is 0 Å². The highest BCUT2D eigenvalue weighted by Crippen LogP contribution is 2.32. The second-order valence-electron chi connectivity index (χ2n) is 4.75. The average Bonchev–Trinajstić information content (AvgIpc) is 2.55. The quantitative estimate of drug-likeness (QED) is 0.594. The summed E-state index contributed by atoms with van der Waals surface area (Å²) in [6, 6.07) is 21.0.